The number of amides is 1. The number of para-hydroxylation sites is 1. The molecule has 0 unspecified atom stereocenters. The van der Waals surface area contributed by atoms with Gasteiger partial charge in [-0.15, -0.1) is 5.10 Å². The van der Waals surface area contributed by atoms with Crippen LogP contribution in [-0.4, -0.2) is 41.8 Å². The summed E-state index contributed by atoms with van der Waals surface area (Å²) in [7, 11) is 0. The van der Waals surface area contributed by atoms with Gasteiger partial charge in [-0.25, -0.2) is 0 Å². The van der Waals surface area contributed by atoms with Gasteiger partial charge in [-0.1, -0.05) is 60.3 Å². The van der Waals surface area contributed by atoms with E-state index in [9.17, 15) is 4.79 Å². The summed E-state index contributed by atoms with van der Waals surface area (Å²) in [5, 5.41) is 12.4. The second-order valence-corrected chi connectivity index (χ2v) is 9.31. The Bertz CT molecular complexity index is 965. The Hall–Kier alpha value is -2.67. The van der Waals surface area contributed by atoms with E-state index in [1.165, 1.54) is 11.8 Å². The van der Waals surface area contributed by atoms with Gasteiger partial charge in [0, 0.05) is 12.1 Å². The summed E-state index contributed by atoms with van der Waals surface area (Å²) in [5.41, 5.74) is 2.79. The maximum atomic E-state index is 13.4. The van der Waals surface area contributed by atoms with Crippen LogP contribution in [0.2, 0.25) is 0 Å². The lowest BCUT2D eigenvalue weighted by Crippen LogP contribution is -2.48. The molecule has 1 heterocycles. The Morgan fingerprint density at radius 3 is 2.41 bits per heavy atom. The molecule has 0 radical (unpaired) electrons. The third-order valence-electron chi connectivity index (χ3n) is 4.67. The van der Waals surface area contributed by atoms with Crippen LogP contribution in [-0.2, 0) is 11.3 Å². The molecule has 0 aliphatic heterocycles. The molecule has 0 saturated heterocycles. The van der Waals surface area contributed by atoms with Crippen molar-refractivity contribution in [3.63, 3.8) is 0 Å². The number of carbonyl (C=O) groups is 1. The minimum atomic E-state index is -0.327. The minimum Gasteiger partial charge on any atom is -0.333 e. The third-order valence-corrected chi connectivity index (χ3v) is 5.69. The van der Waals surface area contributed by atoms with Crippen molar-refractivity contribution in [1.29, 1.82) is 0 Å². The molecule has 7 heteroatoms. The Morgan fingerprint density at radius 1 is 1.10 bits per heavy atom. The number of rotatable bonds is 6. The molecule has 0 bridgehead atoms. The largest absolute Gasteiger partial charge is 0.333 e. The van der Waals surface area contributed by atoms with Gasteiger partial charge in [0.25, 0.3) is 0 Å². The monoisotopic (exact) mass is 409 g/mol. The SMILES string of the molecule is Cc1ccccc1-n1nnnc1S[C@H](C)C(=O)N(Cc1ccccc1)C(C)(C)C. The lowest BCUT2D eigenvalue weighted by molar-refractivity contribution is -0.135. The highest BCUT2D eigenvalue weighted by molar-refractivity contribution is 8.00. The Labute approximate surface area is 176 Å². The predicted octanol–water partition coefficient (Wildman–Crippen LogP) is 4.28. The molecule has 2 aromatic carbocycles. The summed E-state index contributed by atoms with van der Waals surface area (Å²) in [6.45, 7) is 10.7. The fourth-order valence-corrected chi connectivity index (χ4v) is 3.91. The summed E-state index contributed by atoms with van der Waals surface area (Å²) in [6, 6.07) is 18.0. The smallest absolute Gasteiger partial charge is 0.236 e. The molecule has 0 aliphatic carbocycles. The van der Waals surface area contributed by atoms with Gasteiger partial charge < -0.3 is 4.90 Å². The highest BCUT2D eigenvalue weighted by Gasteiger charge is 2.31. The Morgan fingerprint density at radius 2 is 1.76 bits per heavy atom. The Kier molecular flexibility index (Phi) is 6.37. The van der Waals surface area contributed by atoms with Gasteiger partial charge in [-0.05, 0) is 62.2 Å². The summed E-state index contributed by atoms with van der Waals surface area (Å²) in [4.78, 5) is 15.3. The first kappa shape index (κ1) is 21.0. The minimum absolute atomic E-state index is 0.0608. The van der Waals surface area contributed by atoms with Crippen LogP contribution in [0.4, 0.5) is 0 Å². The van der Waals surface area contributed by atoms with E-state index in [1.807, 2.05) is 73.3 Å². The van der Waals surface area contributed by atoms with E-state index in [0.717, 1.165) is 16.8 Å². The van der Waals surface area contributed by atoms with Crippen molar-refractivity contribution in [2.45, 2.75) is 57.1 Å². The van der Waals surface area contributed by atoms with Crippen LogP contribution in [0.15, 0.2) is 59.8 Å². The quantitative estimate of drug-likeness (QED) is 0.569. The molecule has 152 valence electrons. The zero-order valence-corrected chi connectivity index (χ0v) is 18.3. The molecule has 0 saturated carbocycles. The Balaban J connectivity index is 1.81. The number of hydrogen-bond acceptors (Lipinski definition) is 5. The molecule has 0 spiro atoms. The number of aromatic nitrogens is 4. The van der Waals surface area contributed by atoms with Crippen LogP contribution in [0.5, 0.6) is 0 Å². The van der Waals surface area contributed by atoms with Crippen molar-refractivity contribution in [3.05, 3.63) is 65.7 Å². The van der Waals surface area contributed by atoms with E-state index in [4.69, 9.17) is 0 Å². The third kappa shape index (κ3) is 5.03. The van der Waals surface area contributed by atoms with E-state index in [1.54, 1.807) is 4.68 Å². The maximum Gasteiger partial charge on any atom is 0.236 e. The fraction of sp³-hybridized carbons (Fsp3) is 0.364. The van der Waals surface area contributed by atoms with Crippen LogP contribution in [0.1, 0.15) is 38.8 Å². The number of thioether (sulfide) groups is 1. The van der Waals surface area contributed by atoms with Crippen molar-refractivity contribution in [1.82, 2.24) is 25.1 Å². The van der Waals surface area contributed by atoms with Gasteiger partial charge >= 0.3 is 0 Å². The number of hydrogen-bond donors (Lipinski definition) is 0. The average molecular weight is 410 g/mol. The topological polar surface area (TPSA) is 63.9 Å². The van der Waals surface area contributed by atoms with Gasteiger partial charge in [0.2, 0.25) is 11.1 Å². The molecule has 1 amide bonds. The van der Waals surface area contributed by atoms with Gasteiger partial charge in [0.05, 0.1) is 10.9 Å². The lowest BCUT2D eigenvalue weighted by atomic mass is 10.0. The standard InChI is InChI=1S/C22H27N5OS/c1-16-11-9-10-14-19(16)27-21(23-24-25-27)29-17(2)20(28)26(22(3,4)5)15-18-12-7-6-8-13-18/h6-14,17H,15H2,1-5H3/t17-/m1/s1. The zero-order valence-electron chi connectivity index (χ0n) is 17.5. The number of tetrazole rings is 1. The highest BCUT2D eigenvalue weighted by atomic mass is 32.2. The highest BCUT2D eigenvalue weighted by Crippen LogP contribution is 2.28. The fourth-order valence-electron chi connectivity index (χ4n) is 3.04. The number of carbonyl (C=O) groups excluding carboxylic acids is 1. The summed E-state index contributed by atoms with van der Waals surface area (Å²) >= 11 is 1.38. The molecule has 29 heavy (non-hydrogen) atoms. The van der Waals surface area contributed by atoms with Crippen molar-refractivity contribution >= 4 is 17.7 Å². The summed E-state index contributed by atoms with van der Waals surface area (Å²) < 4.78 is 1.70. The first-order valence-corrected chi connectivity index (χ1v) is 10.5. The van der Waals surface area contributed by atoms with E-state index < -0.39 is 0 Å². The van der Waals surface area contributed by atoms with Crippen LogP contribution in [0.25, 0.3) is 5.69 Å². The molecule has 0 fully saturated rings. The second-order valence-electron chi connectivity index (χ2n) is 8.00. The average Bonchev–Trinajstić information content (AvgIpc) is 3.13. The predicted molar refractivity (Wildman–Crippen MR) is 116 cm³/mol. The van der Waals surface area contributed by atoms with Crippen molar-refractivity contribution in [2.24, 2.45) is 0 Å². The molecule has 0 N–H and O–H groups in total. The van der Waals surface area contributed by atoms with Crippen LogP contribution < -0.4 is 0 Å². The van der Waals surface area contributed by atoms with E-state index in [2.05, 4.69) is 36.3 Å². The first-order chi connectivity index (χ1) is 13.8. The maximum absolute atomic E-state index is 13.4. The molecule has 3 rings (SSSR count). The van der Waals surface area contributed by atoms with Crippen LogP contribution in [0, 0.1) is 6.92 Å². The van der Waals surface area contributed by atoms with Crippen LogP contribution in [0.3, 0.4) is 0 Å². The zero-order chi connectivity index (χ0) is 21.0. The van der Waals surface area contributed by atoms with Crippen molar-refractivity contribution < 1.29 is 4.79 Å². The van der Waals surface area contributed by atoms with Gasteiger partial charge in [-0.3, -0.25) is 4.79 Å². The molecule has 1 atom stereocenters. The molecular formula is C22H27N5OS. The second kappa shape index (κ2) is 8.78. The lowest BCUT2D eigenvalue weighted by Gasteiger charge is -2.37. The molecule has 0 aliphatic rings. The number of aryl methyl sites for hydroxylation is 1. The van der Waals surface area contributed by atoms with Crippen molar-refractivity contribution in [3.8, 4) is 5.69 Å². The van der Waals surface area contributed by atoms with E-state index in [-0.39, 0.29) is 16.7 Å². The molecular weight excluding hydrogens is 382 g/mol. The van der Waals surface area contributed by atoms with Gasteiger partial charge in [0.15, 0.2) is 0 Å². The van der Waals surface area contributed by atoms with E-state index >= 15 is 0 Å². The number of nitrogens with zero attached hydrogens (tertiary/aromatic N) is 5. The van der Waals surface area contributed by atoms with Gasteiger partial charge in [0.1, 0.15) is 0 Å². The van der Waals surface area contributed by atoms with Crippen molar-refractivity contribution in [2.75, 3.05) is 0 Å². The molecule has 1 aromatic heterocycles. The van der Waals surface area contributed by atoms with Crippen LogP contribution >= 0.6 is 11.8 Å². The first-order valence-electron chi connectivity index (χ1n) is 9.64. The normalized spacial score (nSPS) is 12.6. The summed E-state index contributed by atoms with van der Waals surface area (Å²) in [6.07, 6.45) is 0. The molecule has 3 aromatic rings. The summed E-state index contributed by atoms with van der Waals surface area (Å²) in [5.74, 6) is 0.0608. The number of benzene rings is 2. The molecule has 6 nitrogen and oxygen atoms in total. The van der Waals surface area contributed by atoms with E-state index in [0.29, 0.717) is 11.7 Å². The van der Waals surface area contributed by atoms with Gasteiger partial charge in [-0.2, -0.15) is 4.68 Å².